The van der Waals surface area contributed by atoms with Crippen LogP contribution in [0.2, 0.25) is 0 Å². The summed E-state index contributed by atoms with van der Waals surface area (Å²) in [6.07, 6.45) is 2.54. The quantitative estimate of drug-likeness (QED) is 0.454. The van der Waals surface area contributed by atoms with Gasteiger partial charge in [-0.3, -0.25) is 4.79 Å². The smallest absolute Gasteiger partial charge is 0.281 e. The fourth-order valence-corrected chi connectivity index (χ4v) is 5.81. The second-order valence-electron chi connectivity index (χ2n) is 9.97. The number of methoxy groups -OCH3 is 2. The molecule has 1 fully saturated rings. The summed E-state index contributed by atoms with van der Waals surface area (Å²) < 4.78 is 39.3. The molecule has 1 atom stereocenters. The van der Waals surface area contributed by atoms with Crippen LogP contribution in [0.4, 0.5) is 17.3 Å². The SMILES string of the molecule is COc1ccc(N(C)c2cccc(S(=O)(=O)NC(=O)c3cccnc3N3CC(C)CC3(C)C)n2)cc1OC. The largest absolute Gasteiger partial charge is 0.493 e. The standard InChI is InChI=1S/C27H33N5O5S/c1-18-16-27(2,3)32(17-18)25-20(9-8-14-28-25)26(33)30-38(34,35)24-11-7-10-23(29-24)31(4)19-12-13-21(36-5)22(15-19)37-6/h7-15,18H,16-17H2,1-6H3,(H,30,33). The maximum absolute atomic E-state index is 13.3. The van der Waals surface area contributed by atoms with Gasteiger partial charge in [0, 0.05) is 37.1 Å². The summed E-state index contributed by atoms with van der Waals surface area (Å²) >= 11 is 0. The Morgan fingerprint density at radius 3 is 2.50 bits per heavy atom. The minimum Gasteiger partial charge on any atom is -0.493 e. The molecule has 3 aromatic rings. The van der Waals surface area contributed by atoms with Crippen molar-refractivity contribution < 1.29 is 22.7 Å². The van der Waals surface area contributed by atoms with E-state index in [1.165, 1.54) is 13.2 Å². The summed E-state index contributed by atoms with van der Waals surface area (Å²) in [5.41, 5.74) is 0.680. The van der Waals surface area contributed by atoms with E-state index in [2.05, 4.69) is 40.4 Å². The van der Waals surface area contributed by atoms with E-state index in [0.29, 0.717) is 34.7 Å². The molecule has 38 heavy (non-hydrogen) atoms. The fourth-order valence-electron chi connectivity index (χ4n) is 4.88. The number of nitrogens with one attached hydrogen (secondary N) is 1. The first-order chi connectivity index (χ1) is 18.0. The van der Waals surface area contributed by atoms with Crippen LogP contribution < -0.4 is 24.0 Å². The number of carbonyl (C=O) groups excluding carboxylic acids is 1. The fraction of sp³-hybridized carbons (Fsp3) is 0.370. The molecule has 1 aliphatic heterocycles. The summed E-state index contributed by atoms with van der Waals surface area (Å²) in [7, 11) is 0.556. The molecule has 11 heteroatoms. The summed E-state index contributed by atoms with van der Waals surface area (Å²) in [6, 6.07) is 13.1. The molecule has 4 rings (SSSR count). The Morgan fingerprint density at radius 2 is 1.84 bits per heavy atom. The minimum atomic E-state index is -4.28. The summed E-state index contributed by atoms with van der Waals surface area (Å²) in [5.74, 6) is 1.57. The average Bonchev–Trinajstić information content (AvgIpc) is 3.18. The molecule has 1 aliphatic rings. The topological polar surface area (TPSA) is 114 Å². The molecule has 0 radical (unpaired) electrons. The number of hydrogen-bond donors (Lipinski definition) is 1. The number of nitrogens with zero attached hydrogens (tertiary/aromatic N) is 4. The van der Waals surface area contributed by atoms with E-state index in [9.17, 15) is 13.2 Å². The Balaban J connectivity index is 1.60. The highest BCUT2D eigenvalue weighted by atomic mass is 32.2. The molecule has 0 saturated carbocycles. The predicted molar refractivity (Wildman–Crippen MR) is 146 cm³/mol. The molecule has 0 aliphatic carbocycles. The van der Waals surface area contributed by atoms with Crippen LogP contribution in [0.3, 0.4) is 0 Å². The highest BCUT2D eigenvalue weighted by molar-refractivity contribution is 7.90. The highest BCUT2D eigenvalue weighted by Gasteiger charge is 2.39. The van der Waals surface area contributed by atoms with Crippen LogP contribution in [0.25, 0.3) is 0 Å². The third kappa shape index (κ3) is 5.38. The van der Waals surface area contributed by atoms with Crippen LogP contribution in [-0.4, -0.2) is 57.6 Å². The van der Waals surface area contributed by atoms with Gasteiger partial charge in [0.25, 0.3) is 15.9 Å². The van der Waals surface area contributed by atoms with Gasteiger partial charge < -0.3 is 19.3 Å². The Kier molecular flexibility index (Phi) is 7.50. The number of ether oxygens (including phenoxy) is 2. The van der Waals surface area contributed by atoms with Gasteiger partial charge in [0.1, 0.15) is 11.6 Å². The van der Waals surface area contributed by atoms with Gasteiger partial charge in [0.05, 0.1) is 19.8 Å². The predicted octanol–water partition coefficient (Wildman–Crippen LogP) is 4.01. The van der Waals surface area contributed by atoms with Gasteiger partial charge in [-0.25, -0.2) is 14.7 Å². The van der Waals surface area contributed by atoms with E-state index in [0.717, 1.165) is 13.0 Å². The first-order valence-corrected chi connectivity index (χ1v) is 13.7. The van der Waals surface area contributed by atoms with Gasteiger partial charge in [-0.05, 0) is 62.6 Å². The molecule has 2 aromatic heterocycles. The van der Waals surface area contributed by atoms with Gasteiger partial charge >= 0.3 is 0 Å². The molecule has 10 nitrogen and oxygen atoms in total. The second-order valence-corrected chi connectivity index (χ2v) is 11.6. The molecular weight excluding hydrogens is 506 g/mol. The zero-order valence-corrected chi connectivity index (χ0v) is 23.2. The van der Waals surface area contributed by atoms with E-state index in [4.69, 9.17) is 9.47 Å². The van der Waals surface area contributed by atoms with Crippen molar-refractivity contribution in [3.05, 3.63) is 60.3 Å². The van der Waals surface area contributed by atoms with E-state index in [-0.39, 0.29) is 16.1 Å². The van der Waals surface area contributed by atoms with Crippen molar-refractivity contribution in [1.82, 2.24) is 14.7 Å². The summed E-state index contributed by atoms with van der Waals surface area (Å²) in [6.45, 7) is 7.05. The van der Waals surface area contributed by atoms with Crippen molar-refractivity contribution in [3.8, 4) is 11.5 Å². The lowest BCUT2D eigenvalue weighted by Crippen LogP contribution is -2.41. The van der Waals surface area contributed by atoms with E-state index >= 15 is 0 Å². The number of anilines is 3. The molecule has 0 spiro atoms. The highest BCUT2D eigenvalue weighted by Crippen LogP contribution is 2.37. The number of pyridine rings is 2. The molecule has 0 bridgehead atoms. The Morgan fingerprint density at radius 1 is 1.11 bits per heavy atom. The molecule has 1 amide bonds. The first-order valence-electron chi connectivity index (χ1n) is 12.2. The van der Waals surface area contributed by atoms with Crippen molar-refractivity contribution in [3.63, 3.8) is 0 Å². The first kappa shape index (κ1) is 27.2. The van der Waals surface area contributed by atoms with Gasteiger partial charge in [0.15, 0.2) is 16.5 Å². The lowest BCUT2D eigenvalue weighted by Gasteiger charge is -2.33. The molecule has 1 N–H and O–H groups in total. The second kappa shape index (κ2) is 10.5. The van der Waals surface area contributed by atoms with Crippen LogP contribution in [0, 0.1) is 5.92 Å². The number of hydrogen-bond acceptors (Lipinski definition) is 9. The average molecular weight is 540 g/mol. The number of carbonyl (C=O) groups is 1. The lowest BCUT2D eigenvalue weighted by atomic mass is 9.97. The van der Waals surface area contributed by atoms with Crippen LogP contribution in [0.15, 0.2) is 59.8 Å². The molecule has 1 unspecified atom stereocenters. The van der Waals surface area contributed by atoms with Crippen LogP contribution in [0.1, 0.15) is 37.6 Å². The van der Waals surface area contributed by atoms with E-state index in [1.54, 1.807) is 67.7 Å². The zero-order valence-electron chi connectivity index (χ0n) is 22.4. The normalized spacial score (nSPS) is 16.7. The Bertz CT molecular complexity index is 1440. The number of aromatic nitrogens is 2. The summed E-state index contributed by atoms with van der Waals surface area (Å²) in [4.78, 5) is 25.8. The van der Waals surface area contributed by atoms with Crippen molar-refractivity contribution >= 4 is 33.3 Å². The third-order valence-electron chi connectivity index (χ3n) is 6.67. The van der Waals surface area contributed by atoms with Gasteiger partial charge in [0.2, 0.25) is 0 Å². The Labute approximate surface area is 223 Å². The zero-order chi connectivity index (χ0) is 27.7. The van der Waals surface area contributed by atoms with E-state index in [1.807, 2.05) is 0 Å². The molecule has 1 saturated heterocycles. The van der Waals surface area contributed by atoms with E-state index < -0.39 is 15.9 Å². The van der Waals surface area contributed by atoms with Gasteiger partial charge in [-0.2, -0.15) is 8.42 Å². The van der Waals surface area contributed by atoms with Crippen molar-refractivity contribution in [2.24, 2.45) is 5.92 Å². The lowest BCUT2D eigenvalue weighted by molar-refractivity contribution is 0.0981. The van der Waals surface area contributed by atoms with Crippen molar-refractivity contribution in [2.75, 3.05) is 37.6 Å². The summed E-state index contributed by atoms with van der Waals surface area (Å²) in [5, 5.41) is -0.281. The molecular formula is C27H33N5O5S. The monoisotopic (exact) mass is 539 g/mol. The molecule has 1 aromatic carbocycles. The van der Waals surface area contributed by atoms with Crippen LogP contribution in [-0.2, 0) is 10.0 Å². The van der Waals surface area contributed by atoms with Gasteiger partial charge in [-0.15, -0.1) is 0 Å². The molecule has 3 heterocycles. The number of amides is 1. The Hall–Kier alpha value is -3.86. The van der Waals surface area contributed by atoms with Crippen molar-refractivity contribution in [2.45, 2.75) is 37.8 Å². The minimum absolute atomic E-state index is 0.192. The van der Waals surface area contributed by atoms with Crippen LogP contribution in [0.5, 0.6) is 11.5 Å². The number of rotatable bonds is 8. The van der Waals surface area contributed by atoms with Crippen LogP contribution >= 0.6 is 0 Å². The maximum atomic E-state index is 13.3. The number of benzene rings is 1. The maximum Gasteiger partial charge on any atom is 0.281 e. The van der Waals surface area contributed by atoms with Crippen molar-refractivity contribution in [1.29, 1.82) is 0 Å². The molecule has 202 valence electrons. The third-order valence-corrected chi connectivity index (χ3v) is 7.90. The number of sulfonamides is 1. The van der Waals surface area contributed by atoms with Gasteiger partial charge in [-0.1, -0.05) is 13.0 Å².